The predicted octanol–water partition coefficient (Wildman–Crippen LogP) is 4.40. The van der Waals surface area contributed by atoms with Gasteiger partial charge in [-0.15, -0.1) is 0 Å². The molecule has 5 heterocycles. The number of carbonyl (C=O) groups excluding carboxylic acids is 1. The molecule has 14 unspecified atom stereocenters. The third-order valence-electron chi connectivity index (χ3n) is 18.3. The Bertz CT molecular complexity index is 1640. The van der Waals surface area contributed by atoms with Crippen LogP contribution in [-0.4, -0.2) is 142 Å². The Hall–Kier alpha value is -1.31. The summed E-state index contributed by atoms with van der Waals surface area (Å²) in [7, 11) is 0. The van der Waals surface area contributed by atoms with E-state index in [0.717, 1.165) is 63.4 Å². The summed E-state index contributed by atoms with van der Waals surface area (Å²) in [6, 6.07) is 0. The van der Waals surface area contributed by atoms with Gasteiger partial charge in [0.05, 0.1) is 60.5 Å². The highest BCUT2D eigenvalue weighted by atomic mass is 16.7. The van der Waals surface area contributed by atoms with Gasteiger partial charge in [-0.25, -0.2) is 4.79 Å². The van der Waals surface area contributed by atoms with E-state index in [9.17, 15) is 30.3 Å². The van der Waals surface area contributed by atoms with E-state index in [2.05, 4.69) is 13.8 Å². The molecular weight excluding hydrogens is 817 g/mol. The van der Waals surface area contributed by atoms with Crippen LogP contribution in [0.4, 0.5) is 0 Å². The van der Waals surface area contributed by atoms with E-state index < -0.39 is 85.7 Å². The number of aliphatic hydroxyl groups is 5. The van der Waals surface area contributed by atoms with E-state index in [1.165, 1.54) is 0 Å². The largest absolute Gasteiger partial charge is 0.458 e. The first-order valence-corrected chi connectivity index (χ1v) is 24.4. The van der Waals surface area contributed by atoms with Crippen molar-refractivity contribution < 1.29 is 73.0 Å². The fourth-order valence-corrected chi connectivity index (χ4v) is 14.3. The van der Waals surface area contributed by atoms with Crippen LogP contribution in [0.3, 0.4) is 0 Å². The van der Waals surface area contributed by atoms with E-state index in [1.54, 1.807) is 13.0 Å². The Morgan fingerprint density at radius 2 is 1.27 bits per heavy atom. The molecule has 63 heavy (non-hydrogen) atoms. The molecule has 15 nitrogen and oxygen atoms in total. The van der Waals surface area contributed by atoms with Gasteiger partial charge in [0.2, 0.25) is 0 Å². The van der Waals surface area contributed by atoms with Crippen LogP contribution in [0.25, 0.3) is 0 Å². The SMILES string of the molecule is CC1OC(OC2C(O)CC(OC3C(O)CC(O[C@H]4CC[C@@]5(C)[C@H](CC[C@@H]6[C@@H]5CC[C@]5(C)[C@@H](C7=CC(=O)OC7)CC[C@]65O)C4)OC3C)OC2C)CC(OC2OC(C)[C@@H](O)C[C@H]2O)C1C. The first-order valence-electron chi connectivity index (χ1n) is 24.4. The Labute approximate surface area is 372 Å². The highest BCUT2D eigenvalue weighted by molar-refractivity contribution is 5.85. The second kappa shape index (κ2) is 18.0. The van der Waals surface area contributed by atoms with Gasteiger partial charge in [-0.3, -0.25) is 0 Å². The van der Waals surface area contributed by atoms with Crippen LogP contribution in [0.15, 0.2) is 11.6 Å². The maximum absolute atomic E-state index is 12.6. The second-order valence-electron chi connectivity index (χ2n) is 21.8. The fourth-order valence-electron chi connectivity index (χ4n) is 14.3. The third kappa shape index (κ3) is 8.62. The van der Waals surface area contributed by atoms with Gasteiger partial charge in [-0.05, 0) is 120 Å². The van der Waals surface area contributed by atoms with Crippen LogP contribution < -0.4 is 0 Å². The summed E-state index contributed by atoms with van der Waals surface area (Å²) in [6.45, 7) is 14.5. The molecule has 0 aromatic heterocycles. The maximum atomic E-state index is 12.6. The third-order valence-corrected chi connectivity index (χ3v) is 18.3. The summed E-state index contributed by atoms with van der Waals surface area (Å²) in [5, 5.41) is 56.1. The molecule has 0 amide bonds. The van der Waals surface area contributed by atoms with Gasteiger partial charge in [0, 0.05) is 43.1 Å². The van der Waals surface area contributed by atoms with Crippen molar-refractivity contribution in [3.05, 3.63) is 11.6 Å². The molecular formula is C48H76O15. The van der Waals surface area contributed by atoms with E-state index in [-0.39, 0.29) is 72.1 Å². The number of hydrogen-bond donors (Lipinski definition) is 5. The molecule has 5 N–H and O–H groups in total. The molecule has 24 atom stereocenters. The molecule has 0 spiro atoms. The molecule has 0 aromatic carbocycles. The molecule has 0 aromatic rings. The predicted molar refractivity (Wildman–Crippen MR) is 224 cm³/mol. The van der Waals surface area contributed by atoms with Gasteiger partial charge >= 0.3 is 5.97 Å². The fraction of sp³-hybridized carbons (Fsp3) is 0.938. The lowest BCUT2D eigenvalue weighted by atomic mass is 9.43. The van der Waals surface area contributed by atoms with Crippen molar-refractivity contribution in [2.75, 3.05) is 6.61 Å². The Balaban J connectivity index is 0.744. The van der Waals surface area contributed by atoms with Gasteiger partial charge in [-0.2, -0.15) is 0 Å². The Morgan fingerprint density at radius 1 is 0.619 bits per heavy atom. The number of cyclic esters (lactones) is 1. The van der Waals surface area contributed by atoms with Gasteiger partial charge in [0.15, 0.2) is 25.2 Å². The molecule has 358 valence electrons. The summed E-state index contributed by atoms with van der Waals surface area (Å²) in [6.07, 6.45) is 1.29. The molecule has 0 bridgehead atoms. The molecule has 4 aliphatic carbocycles. The molecule has 9 aliphatic rings. The molecule has 8 fully saturated rings. The standard InChI is InChI=1S/C48H76O15/c1-23-24(2)56-42(21-38(23)61-45-37(52)18-34(49)25(3)59-45)63-44-27(5)58-41(20-36(44)51)62-43-26(4)57-40(19-35(43)50)60-30-10-13-46(6)29(17-30)8-9-33-32(46)11-14-47(7)31(12-15-48(33,47)54)28-16-39(53)55-22-28/h16,23-27,29-38,40-45,49-52,54H,8-15,17-22H2,1-7H3/t23?,24?,25?,26?,27?,29-,30+,31-,32+,33-,34+,35?,36?,37-,38?,40?,41?,42?,43?,44?,45?,46+,47-,48+/m1/s1. The molecule has 0 radical (unpaired) electrons. The zero-order chi connectivity index (χ0) is 44.7. The van der Waals surface area contributed by atoms with Crippen molar-refractivity contribution in [1.29, 1.82) is 0 Å². The van der Waals surface area contributed by atoms with Crippen LogP contribution in [0.1, 0.15) is 132 Å². The summed E-state index contributed by atoms with van der Waals surface area (Å²) >= 11 is 0. The quantitative estimate of drug-likeness (QED) is 0.161. The number of ether oxygens (including phenoxy) is 9. The van der Waals surface area contributed by atoms with Crippen molar-refractivity contribution in [3.8, 4) is 0 Å². The van der Waals surface area contributed by atoms with Crippen LogP contribution in [0.5, 0.6) is 0 Å². The van der Waals surface area contributed by atoms with Crippen molar-refractivity contribution in [1.82, 2.24) is 0 Å². The number of rotatable bonds is 9. The van der Waals surface area contributed by atoms with Gasteiger partial charge < -0.3 is 68.2 Å². The molecule has 5 aliphatic heterocycles. The van der Waals surface area contributed by atoms with Gasteiger partial charge in [0.25, 0.3) is 0 Å². The maximum Gasteiger partial charge on any atom is 0.331 e. The molecule has 4 saturated heterocycles. The molecule has 15 heteroatoms. The summed E-state index contributed by atoms with van der Waals surface area (Å²) in [5.74, 6) is 1.08. The van der Waals surface area contributed by atoms with Gasteiger partial charge in [-0.1, -0.05) is 20.8 Å². The summed E-state index contributed by atoms with van der Waals surface area (Å²) < 4.78 is 55.5. The minimum atomic E-state index is -0.959. The number of esters is 1. The summed E-state index contributed by atoms with van der Waals surface area (Å²) in [4.78, 5) is 12.0. The monoisotopic (exact) mass is 893 g/mol. The van der Waals surface area contributed by atoms with Crippen molar-refractivity contribution in [2.24, 2.45) is 40.4 Å². The highest BCUT2D eigenvalue weighted by Gasteiger charge is 2.68. The number of aliphatic hydroxyl groups excluding tert-OH is 4. The smallest absolute Gasteiger partial charge is 0.331 e. The van der Waals surface area contributed by atoms with Gasteiger partial charge in [0.1, 0.15) is 24.9 Å². The Kier molecular flexibility index (Phi) is 13.3. The normalized spacial score (nSPS) is 55.0. The van der Waals surface area contributed by atoms with E-state index in [4.69, 9.17) is 42.6 Å². The van der Waals surface area contributed by atoms with Crippen molar-refractivity contribution >= 4 is 5.97 Å². The first-order chi connectivity index (χ1) is 29.9. The van der Waals surface area contributed by atoms with Crippen LogP contribution in [0, 0.1) is 40.4 Å². The zero-order valence-corrected chi connectivity index (χ0v) is 38.4. The lowest BCUT2D eigenvalue weighted by molar-refractivity contribution is -0.342. The molecule has 4 saturated carbocycles. The topological polar surface area (TPSA) is 201 Å². The summed E-state index contributed by atoms with van der Waals surface area (Å²) in [5.41, 5.74) is 0.191. The number of hydrogen-bond acceptors (Lipinski definition) is 15. The number of fused-ring (bicyclic) bond motifs is 5. The van der Waals surface area contributed by atoms with Crippen molar-refractivity contribution in [2.45, 2.75) is 236 Å². The van der Waals surface area contributed by atoms with E-state index >= 15 is 0 Å². The zero-order valence-electron chi connectivity index (χ0n) is 38.4. The van der Waals surface area contributed by atoms with E-state index in [0.29, 0.717) is 24.9 Å². The average molecular weight is 893 g/mol. The van der Waals surface area contributed by atoms with Crippen LogP contribution in [0.2, 0.25) is 0 Å². The lowest BCUT2D eigenvalue weighted by Gasteiger charge is -2.64. The van der Waals surface area contributed by atoms with E-state index in [1.807, 2.05) is 27.7 Å². The Morgan fingerprint density at radius 3 is 1.92 bits per heavy atom. The second-order valence-corrected chi connectivity index (χ2v) is 21.8. The minimum absolute atomic E-state index is 0.0156. The first kappa shape index (κ1) is 46.8. The number of carbonyl (C=O) groups is 1. The highest BCUT2D eigenvalue weighted by Crippen LogP contribution is 2.70. The van der Waals surface area contributed by atoms with Crippen LogP contribution in [-0.2, 0) is 47.4 Å². The molecule has 9 rings (SSSR count). The minimum Gasteiger partial charge on any atom is -0.458 e. The lowest BCUT2D eigenvalue weighted by Crippen LogP contribution is -2.62. The van der Waals surface area contributed by atoms with Crippen LogP contribution >= 0.6 is 0 Å². The van der Waals surface area contributed by atoms with Crippen molar-refractivity contribution in [3.63, 3.8) is 0 Å². The average Bonchev–Trinajstić information content (AvgIpc) is 3.77.